The number of nitro benzene ring substituents is 2. The van der Waals surface area contributed by atoms with Crippen molar-refractivity contribution in [2.45, 2.75) is 12.9 Å². The lowest BCUT2D eigenvalue weighted by Gasteiger charge is -2.13. The molecule has 13 heteroatoms. The van der Waals surface area contributed by atoms with E-state index in [-0.39, 0.29) is 22.3 Å². The molecule has 0 amide bonds. The molecule has 154 valence electrons. The van der Waals surface area contributed by atoms with E-state index in [1.54, 1.807) is 0 Å². The van der Waals surface area contributed by atoms with Crippen LogP contribution in [0.25, 0.3) is 5.53 Å². The molecule has 0 fully saturated rings. The van der Waals surface area contributed by atoms with Gasteiger partial charge in [0.15, 0.2) is 6.29 Å². The van der Waals surface area contributed by atoms with Crippen molar-refractivity contribution in [1.29, 1.82) is 0 Å². The van der Waals surface area contributed by atoms with Gasteiger partial charge in [-0.25, -0.2) is 4.79 Å². The van der Waals surface area contributed by atoms with Crippen molar-refractivity contribution in [3.05, 3.63) is 84.4 Å². The van der Waals surface area contributed by atoms with Crippen molar-refractivity contribution < 1.29 is 39.2 Å². The Hall–Kier alpha value is -4.32. The molecule has 0 saturated carbocycles. The van der Waals surface area contributed by atoms with Crippen LogP contribution in [0.1, 0.15) is 38.1 Å². The average Bonchev–Trinajstić information content (AvgIpc) is 2.71. The number of carboxylic acid groups (broad SMARTS) is 1. The molecule has 2 N–H and O–H groups in total. The number of hydrogen-bond acceptors (Lipinski definition) is 8. The summed E-state index contributed by atoms with van der Waals surface area (Å²) in [6.07, 6.45) is -1.34. The second-order valence-electron chi connectivity index (χ2n) is 5.71. The Labute approximate surface area is 166 Å². The number of nitro groups is 2. The minimum Gasteiger partial charge on any atom is -0.478 e. The predicted molar refractivity (Wildman–Crippen MR) is 96.9 cm³/mol. The summed E-state index contributed by atoms with van der Waals surface area (Å²) < 4.78 is 5.09. The number of benzene rings is 2. The Morgan fingerprint density at radius 2 is 1.70 bits per heavy atom. The summed E-state index contributed by atoms with van der Waals surface area (Å²) in [6, 6.07) is 6.06. The SMILES string of the molecule is [N-]=[N+]=CC(=O)c1ccc(COC(O)c2ccc(C(=O)O)cc2[N+](=O)[O-])c([N+](=O)[O-])c1. The number of ketones is 1. The van der Waals surface area contributed by atoms with E-state index in [2.05, 4.69) is 4.79 Å². The summed E-state index contributed by atoms with van der Waals surface area (Å²) >= 11 is 0. The number of carbonyl (C=O) groups excluding carboxylic acids is 1. The van der Waals surface area contributed by atoms with E-state index in [1.807, 2.05) is 0 Å². The average molecular weight is 416 g/mol. The van der Waals surface area contributed by atoms with Crippen molar-refractivity contribution in [1.82, 2.24) is 0 Å². The number of aliphatic hydroxyl groups excluding tert-OH is 1. The Bertz CT molecular complexity index is 1090. The number of hydrogen-bond donors (Lipinski definition) is 2. The molecule has 0 aliphatic rings. The molecule has 0 heterocycles. The number of aliphatic hydroxyl groups is 1. The molecular weight excluding hydrogens is 404 g/mol. The summed E-state index contributed by atoms with van der Waals surface area (Å²) in [5, 5.41) is 41.5. The first-order valence-corrected chi connectivity index (χ1v) is 7.96. The molecule has 2 rings (SSSR count). The van der Waals surface area contributed by atoms with Crippen LogP contribution in [0.4, 0.5) is 11.4 Å². The fraction of sp³-hybridized carbons (Fsp3) is 0.118. The Morgan fingerprint density at radius 3 is 2.27 bits per heavy atom. The predicted octanol–water partition coefficient (Wildman–Crippen LogP) is 1.89. The standard InChI is InChI=1S/C17H12N4O9/c18-19-7-15(22)9-1-2-11(13(5-9)20(26)27)8-30-17(25)12-4-3-10(16(23)24)6-14(12)21(28)29/h1-7,17,25H,8H2,(H,23,24). The molecule has 0 aromatic heterocycles. The van der Waals surface area contributed by atoms with Gasteiger partial charge in [0.05, 0.1) is 33.1 Å². The van der Waals surface area contributed by atoms with Crippen molar-refractivity contribution in [3.63, 3.8) is 0 Å². The van der Waals surface area contributed by atoms with E-state index in [4.69, 9.17) is 15.4 Å². The molecule has 0 aliphatic heterocycles. The molecule has 30 heavy (non-hydrogen) atoms. The smallest absolute Gasteiger partial charge is 0.335 e. The van der Waals surface area contributed by atoms with E-state index in [1.165, 1.54) is 12.1 Å². The van der Waals surface area contributed by atoms with E-state index < -0.39 is 45.9 Å². The monoisotopic (exact) mass is 416 g/mol. The van der Waals surface area contributed by atoms with Crippen molar-refractivity contribution in [3.8, 4) is 0 Å². The maximum atomic E-state index is 11.6. The van der Waals surface area contributed by atoms with Crippen molar-refractivity contribution in [2.75, 3.05) is 0 Å². The third kappa shape index (κ3) is 4.94. The third-order valence-electron chi connectivity index (χ3n) is 3.88. The molecule has 0 saturated heterocycles. The Kier molecular flexibility index (Phi) is 6.78. The van der Waals surface area contributed by atoms with Gasteiger partial charge in [0.1, 0.15) is 0 Å². The van der Waals surface area contributed by atoms with Gasteiger partial charge in [-0.15, -0.1) is 0 Å². The summed E-state index contributed by atoms with van der Waals surface area (Å²) in [6.45, 7) is -0.558. The Balaban J connectivity index is 2.29. The highest BCUT2D eigenvalue weighted by molar-refractivity contribution is 6.33. The summed E-state index contributed by atoms with van der Waals surface area (Å²) in [5.74, 6) is -2.20. The topological polar surface area (TPSA) is 207 Å². The maximum Gasteiger partial charge on any atom is 0.335 e. The van der Waals surface area contributed by atoms with Crippen molar-refractivity contribution >= 4 is 29.3 Å². The third-order valence-corrected chi connectivity index (χ3v) is 3.88. The van der Waals surface area contributed by atoms with Crippen molar-refractivity contribution in [2.24, 2.45) is 0 Å². The first kappa shape index (κ1) is 22.0. The van der Waals surface area contributed by atoms with Gasteiger partial charge in [-0.1, -0.05) is 0 Å². The molecule has 0 bridgehead atoms. The fourth-order valence-corrected chi connectivity index (χ4v) is 2.44. The van der Waals surface area contributed by atoms with Crippen LogP contribution in [-0.2, 0) is 11.3 Å². The largest absolute Gasteiger partial charge is 0.478 e. The van der Waals surface area contributed by atoms with Gasteiger partial charge in [-0.3, -0.25) is 25.0 Å². The van der Waals surface area contributed by atoms with Gasteiger partial charge in [0, 0.05) is 17.7 Å². The molecule has 0 radical (unpaired) electrons. The molecule has 13 nitrogen and oxygen atoms in total. The quantitative estimate of drug-likeness (QED) is 0.116. The second kappa shape index (κ2) is 9.25. The van der Waals surface area contributed by atoms with Gasteiger partial charge in [0.2, 0.25) is 0 Å². The molecule has 0 aliphatic carbocycles. The molecule has 0 spiro atoms. The number of carbonyl (C=O) groups is 2. The highest BCUT2D eigenvalue weighted by Gasteiger charge is 2.25. The first-order valence-electron chi connectivity index (χ1n) is 7.96. The number of rotatable bonds is 9. The Morgan fingerprint density at radius 1 is 1.10 bits per heavy atom. The van der Waals surface area contributed by atoms with Crippen LogP contribution >= 0.6 is 0 Å². The summed E-state index contributed by atoms with van der Waals surface area (Å²) in [7, 11) is 0. The highest BCUT2D eigenvalue weighted by atomic mass is 16.6. The number of nitrogens with zero attached hydrogens (tertiary/aromatic N) is 4. The van der Waals surface area contributed by atoms with Crippen LogP contribution < -0.4 is 0 Å². The van der Waals surface area contributed by atoms with Crippen LogP contribution in [0.2, 0.25) is 0 Å². The lowest BCUT2D eigenvalue weighted by Crippen LogP contribution is -2.10. The van der Waals surface area contributed by atoms with Crippen LogP contribution in [0.3, 0.4) is 0 Å². The van der Waals surface area contributed by atoms with E-state index in [9.17, 15) is 34.9 Å². The van der Waals surface area contributed by atoms with Crippen LogP contribution in [-0.4, -0.2) is 42.8 Å². The minimum atomic E-state index is -1.89. The van der Waals surface area contributed by atoms with E-state index in [0.29, 0.717) is 6.21 Å². The highest BCUT2D eigenvalue weighted by Crippen LogP contribution is 2.29. The summed E-state index contributed by atoms with van der Waals surface area (Å²) in [4.78, 5) is 45.9. The maximum absolute atomic E-state index is 11.6. The van der Waals surface area contributed by atoms with Gasteiger partial charge in [0.25, 0.3) is 17.2 Å². The first-order chi connectivity index (χ1) is 14.1. The molecular formula is C17H12N4O9. The zero-order valence-electron chi connectivity index (χ0n) is 14.9. The number of ether oxygens (including phenoxy) is 1. The van der Waals surface area contributed by atoms with Gasteiger partial charge in [-0.05, 0) is 24.3 Å². The lowest BCUT2D eigenvalue weighted by atomic mass is 10.1. The zero-order valence-corrected chi connectivity index (χ0v) is 14.9. The normalized spacial score (nSPS) is 11.2. The zero-order chi connectivity index (χ0) is 22.4. The summed E-state index contributed by atoms with van der Waals surface area (Å²) in [5.41, 5.74) is 6.23. The number of aromatic carboxylic acids is 1. The molecule has 1 unspecified atom stereocenters. The number of Topliss-reactive ketones (excluding diaryl/α,β-unsaturated/α-hetero) is 1. The van der Waals surface area contributed by atoms with Crippen LogP contribution in [0, 0.1) is 20.2 Å². The second-order valence-corrected chi connectivity index (χ2v) is 5.71. The van der Waals surface area contributed by atoms with Gasteiger partial charge >= 0.3 is 12.2 Å². The van der Waals surface area contributed by atoms with E-state index >= 15 is 0 Å². The number of carboxylic acids is 1. The van der Waals surface area contributed by atoms with Crippen LogP contribution in [0.15, 0.2) is 36.4 Å². The van der Waals surface area contributed by atoms with E-state index in [0.717, 1.165) is 24.3 Å². The minimum absolute atomic E-state index is 0.0543. The molecule has 1 atom stereocenters. The molecule has 2 aromatic carbocycles. The lowest BCUT2D eigenvalue weighted by molar-refractivity contribution is -0.387. The fourth-order valence-electron chi connectivity index (χ4n) is 2.44. The van der Waals surface area contributed by atoms with Gasteiger partial charge < -0.3 is 20.5 Å². The van der Waals surface area contributed by atoms with Gasteiger partial charge in [-0.2, -0.15) is 4.79 Å². The molecule has 2 aromatic rings. The van der Waals surface area contributed by atoms with Crippen LogP contribution in [0.5, 0.6) is 0 Å².